The van der Waals surface area contributed by atoms with Gasteiger partial charge in [0.05, 0.1) is 0 Å². The molecular formula is C11H21N. The topological polar surface area (TPSA) is 26.0 Å². The minimum absolute atomic E-state index is 0.359. The highest BCUT2D eigenvalue weighted by molar-refractivity contribution is 4.90. The van der Waals surface area contributed by atoms with Crippen molar-refractivity contribution in [3.63, 3.8) is 0 Å². The van der Waals surface area contributed by atoms with E-state index in [1.807, 2.05) is 0 Å². The Morgan fingerprint density at radius 2 is 2.08 bits per heavy atom. The molecule has 0 aliphatic heterocycles. The molecule has 1 atom stereocenters. The summed E-state index contributed by atoms with van der Waals surface area (Å²) >= 11 is 0. The summed E-state index contributed by atoms with van der Waals surface area (Å²) in [6.07, 6.45) is 12.7. The quantitative estimate of drug-likeness (QED) is 0.640. The molecule has 0 aromatic heterocycles. The maximum atomic E-state index is 5.65. The normalized spacial score (nSPS) is 22.2. The molecule has 0 amide bonds. The first-order valence-electron chi connectivity index (χ1n) is 5.21. The van der Waals surface area contributed by atoms with E-state index in [9.17, 15) is 0 Å². The third-order valence-corrected chi connectivity index (χ3v) is 2.60. The first kappa shape index (κ1) is 9.79. The Bertz CT molecular complexity index is 132. The molecule has 0 aromatic carbocycles. The van der Waals surface area contributed by atoms with Crippen molar-refractivity contribution in [1.29, 1.82) is 0 Å². The highest BCUT2D eigenvalue weighted by Gasteiger charge is 2.10. The van der Waals surface area contributed by atoms with Gasteiger partial charge in [0.1, 0.15) is 0 Å². The average Bonchev–Trinajstić information content (AvgIpc) is 2.49. The number of nitrogens with two attached hydrogens (primary N) is 1. The van der Waals surface area contributed by atoms with Gasteiger partial charge in [-0.25, -0.2) is 0 Å². The van der Waals surface area contributed by atoms with E-state index in [0.717, 1.165) is 18.8 Å². The SMILES string of the molecule is CC(N)CC/C=C/C1CCCC1. The van der Waals surface area contributed by atoms with Gasteiger partial charge in [-0.15, -0.1) is 0 Å². The molecule has 2 N–H and O–H groups in total. The molecule has 0 spiro atoms. The average molecular weight is 167 g/mol. The van der Waals surface area contributed by atoms with Crippen LogP contribution in [0.1, 0.15) is 45.4 Å². The zero-order valence-corrected chi connectivity index (χ0v) is 8.13. The Kier molecular flexibility index (Phi) is 4.37. The molecule has 1 rings (SSSR count). The number of hydrogen-bond acceptors (Lipinski definition) is 1. The lowest BCUT2D eigenvalue weighted by molar-refractivity contribution is 0.658. The van der Waals surface area contributed by atoms with Crippen LogP contribution in [0, 0.1) is 5.92 Å². The molecule has 1 heteroatoms. The van der Waals surface area contributed by atoms with E-state index in [1.54, 1.807) is 0 Å². The van der Waals surface area contributed by atoms with Gasteiger partial charge >= 0.3 is 0 Å². The van der Waals surface area contributed by atoms with Gasteiger partial charge < -0.3 is 5.73 Å². The van der Waals surface area contributed by atoms with Crippen LogP contribution < -0.4 is 5.73 Å². The van der Waals surface area contributed by atoms with Crippen LogP contribution in [-0.2, 0) is 0 Å². The van der Waals surface area contributed by atoms with E-state index < -0.39 is 0 Å². The maximum Gasteiger partial charge on any atom is 0.00134 e. The fourth-order valence-corrected chi connectivity index (χ4v) is 1.80. The summed E-state index contributed by atoms with van der Waals surface area (Å²) in [5, 5.41) is 0. The summed E-state index contributed by atoms with van der Waals surface area (Å²) in [5.74, 6) is 0.887. The van der Waals surface area contributed by atoms with Gasteiger partial charge in [0, 0.05) is 6.04 Å². The van der Waals surface area contributed by atoms with Crippen LogP contribution in [0.15, 0.2) is 12.2 Å². The highest BCUT2D eigenvalue weighted by Crippen LogP contribution is 2.25. The van der Waals surface area contributed by atoms with Crippen molar-refractivity contribution in [3.8, 4) is 0 Å². The maximum absolute atomic E-state index is 5.65. The van der Waals surface area contributed by atoms with Gasteiger partial charge in [0.15, 0.2) is 0 Å². The van der Waals surface area contributed by atoms with Gasteiger partial charge in [-0.05, 0) is 38.5 Å². The second-order valence-corrected chi connectivity index (χ2v) is 4.03. The standard InChI is InChI=1S/C11H21N/c1-10(12)6-2-3-7-11-8-4-5-9-11/h3,7,10-11H,2,4-6,8-9,12H2,1H3/b7-3+. The zero-order chi connectivity index (χ0) is 8.81. The van der Waals surface area contributed by atoms with E-state index in [1.165, 1.54) is 25.7 Å². The lowest BCUT2D eigenvalue weighted by Gasteiger charge is -2.02. The van der Waals surface area contributed by atoms with E-state index in [-0.39, 0.29) is 0 Å². The second kappa shape index (κ2) is 5.36. The van der Waals surface area contributed by atoms with E-state index in [4.69, 9.17) is 5.73 Å². The summed E-state index contributed by atoms with van der Waals surface area (Å²) in [7, 11) is 0. The van der Waals surface area contributed by atoms with Gasteiger partial charge in [-0.3, -0.25) is 0 Å². The Balaban J connectivity index is 2.04. The molecule has 1 unspecified atom stereocenters. The van der Waals surface area contributed by atoms with Crippen molar-refractivity contribution >= 4 is 0 Å². The molecule has 1 fully saturated rings. The van der Waals surface area contributed by atoms with Crippen LogP contribution in [-0.4, -0.2) is 6.04 Å². The van der Waals surface area contributed by atoms with Gasteiger partial charge in [0.25, 0.3) is 0 Å². The lowest BCUT2D eigenvalue weighted by Crippen LogP contribution is -2.13. The fourth-order valence-electron chi connectivity index (χ4n) is 1.80. The molecule has 0 aromatic rings. The van der Waals surface area contributed by atoms with Crippen LogP contribution in [0.3, 0.4) is 0 Å². The predicted octanol–water partition coefficient (Wildman–Crippen LogP) is 2.86. The first-order valence-corrected chi connectivity index (χ1v) is 5.21. The number of rotatable bonds is 4. The zero-order valence-electron chi connectivity index (χ0n) is 8.13. The Morgan fingerprint density at radius 3 is 2.67 bits per heavy atom. The molecule has 70 valence electrons. The van der Waals surface area contributed by atoms with Crippen LogP contribution in [0.25, 0.3) is 0 Å². The van der Waals surface area contributed by atoms with Crippen LogP contribution in [0.2, 0.25) is 0 Å². The van der Waals surface area contributed by atoms with Crippen molar-refractivity contribution in [3.05, 3.63) is 12.2 Å². The molecule has 1 saturated carbocycles. The molecule has 0 heterocycles. The predicted molar refractivity (Wildman–Crippen MR) is 54.0 cm³/mol. The summed E-state index contributed by atoms with van der Waals surface area (Å²) < 4.78 is 0. The molecule has 0 radical (unpaired) electrons. The molecular weight excluding hydrogens is 146 g/mol. The summed E-state index contributed by atoms with van der Waals surface area (Å²) in [6.45, 7) is 2.07. The van der Waals surface area contributed by atoms with Gasteiger partial charge in [-0.1, -0.05) is 25.0 Å². The monoisotopic (exact) mass is 167 g/mol. The first-order chi connectivity index (χ1) is 5.79. The minimum Gasteiger partial charge on any atom is -0.328 e. The third kappa shape index (κ3) is 3.91. The van der Waals surface area contributed by atoms with Crippen molar-refractivity contribution in [2.75, 3.05) is 0 Å². The number of allylic oxidation sites excluding steroid dienone is 2. The molecule has 0 saturated heterocycles. The molecule has 1 aliphatic carbocycles. The summed E-state index contributed by atoms with van der Waals surface area (Å²) in [6, 6.07) is 0.359. The number of hydrogen-bond donors (Lipinski definition) is 1. The smallest absolute Gasteiger partial charge is 0.00134 e. The molecule has 0 bridgehead atoms. The van der Waals surface area contributed by atoms with Crippen LogP contribution >= 0.6 is 0 Å². The summed E-state index contributed by atoms with van der Waals surface area (Å²) in [4.78, 5) is 0. The van der Waals surface area contributed by atoms with Gasteiger partial charge in [0.2, 0.25) is 0 Å². The Hall–Kier alpha value is -0.300. The van der Waals surface area contributed by atoms with E-state index >= 15 is 0 Å². The molecule has 1 aliphatic rings. The Morgan fingerprint density at radius 1 is 1.42 bits per heavy atom. The second-order valence-electron chi connectivity index (χ2n) is 4.03. The molecule has 1 nitrogen and oxygen atoms in total. The Labute approximate surface area is 76.0 Å². The van der Waals surface area contributed by atoms with E-state index in [0.29, 0.717) is 6.04 Å². The van der Waals surface area contributed by atoms with Crippen molar-refractivity contribution in [2.24, 2.45) is 11.7 Å². The lowest BCUT2D eigenvalue weighted by atomic mass is 10.1. The van der Waals surface area contributed by atoms with E-state index in [2.05, 4.69) is 19.1 Å². The van der Waals surface area contributed by atoms with Crippen LogP contribution in [0.4, 0.5) is 0 Å². The van der Waals surface area contributed by atoms with Crippen LogP contribution in [0.5, 0.6) is 0 Å². The third-order valence-electron chi connectivity index (χ3n) is 2.60. The van der Waals surface area contributed by atoms with Gasteiger partial charge in [-0.2, -0.15) is 0 Å². The van der Waals surface area contributed by atoms with Crippen molar-refractivity contribution in [2.45, 2.75) is 51.5 Å². The summed E-state index contributed by atoms with van der Waals surface area (Å²) in [5.41, 5.74) is 5.65. The minimum atomic E-state index is 0.359. The molecule has 12 heavy (non-hydrogen) atoms. The van der Waals surface area contributed by atoms with Crippen molar-refractivity contribution in [1.82, 2.24) is 0 Å². The largest absolute Gasteiger partial charge is 0.328 e. The van der Waals surface area contributed by atoms with Crippen molar-refractivity contribution < 1.29 is 0 Å². The highest BCUT2D eigenvalue weighted by atomic mass is 14.6. The fraction of sp³-hybridized carbons (Fsp3) is 0.818.